The molecule has 0 nitrogen and oxygen atoms in total. The van der Waals surface area contributed by atoms with Gasteiger partial charge in [-0.05, 0) is 106 Å². The summed E-state index contributed by atoms with van der Waals surface area (Å²) in [6.07, 6.45) is 0. The molecule has 1 aliphatic rings. The highest BCUT2D eigenvalue weighted by Crippen LogP contribution is 2.58. The Kier molecular flexibility index (Phi) is 6.89. The molecule has 10 rings (SSSR count). The highest BCUT2D eigenvalue weighted by molar-refractivity contribution is 6.28. The van der Waals surface area contributed by atoms with Crippen molar-refractivity contribution in [2.45, 2.75) is 0 Å². The molecule has 0 aromatic heterocycles. The second kappa shape index (κ2) is 11.7. The van der Waals surface area contributed by atoms with E-state index in [2.05, 4.69) is 103 Å². The van der Waals surface area contributed by atoms with Crippen molar-refractivity contribution >= 4 is 32.3 Å². The number of hydrogen-bond acceptors (Lipinski definition) is 0. The van der Waals surface area contributed by atoms with Crippen molar-refractivity contribution in [1.82, 2.24) is 0 Å². The van der Waals surface area contributed by atoms with Gasteiger partial charge in [-0.2, -0.15) is 0 Å². The lowest BCUT2D eigenvalue weighted by Crippen LogP contribution is -2.04. The molecule has 0 fully saturated rings. The topological polar surface area (TPSA) is 0 Å². The summed E-state index contributed by atoms with van der Waals surface area (Å²) in [4.78, 5) is 0. The van der Waals surface area contributed by atoms with Crippen molar-refractivity contribution in [3.63, 3.8) is 0 Å². The van der Waals surface area contributed by atoms with Gasteiger partial charge in [-0.15, -0.1) is 0 Å². The first-order valence-electron chi connectivity index (χ1n) is 17.2. The smallest absolute Gasteiger partial charge is 0.200 e. The van der Waals surface area contributed by atoms with Crippen molar-refractivity contribution in [2.24, 2.45) is 0 Å². The molecule has 0 saturated carbocycles. The molecule has 0 radical (unpaired) electrons. The lowest BCUT2D eigenvalue weighted by atomic mass is 9.82. The quantitative estimate of drug-likeness (QED) is 0.0976. The van der Waals surface area contributed by atoms with Gasteiger partial charge in [0.05, 0.1) is 5.56 Å². The Hall–Kier alpha value is -6.59. The van der Waals surface area contributed by atoms with E-state index in [1.165, 1.54) is 45.2 Å². The van der Waals surface area contributed by atoms with E-state index in [9.17, 15) is 22.0 Å². The van der Waals surface area contributed by atoms with Gasteiger partial charge in [-0.3, -0.25) is 0 Å². The average molecular weight is 697 g/mol. The number of fused-ring (bicyclic) bond motifs is 5. The SMILES string of the molecule is Fc1c(F)c(F)c(-c2ccc3cc(-c4ccc5c6c(cccc46)-c4c-5c(-c5ccccc5)c5ccccc5c4-c4ccccc4)ccc3c2)c(F)c1F. The van der Waals surface area contributed by atoms with Crippen molar-refractivity contribution in [3.8, 4) is 66.8 Å². The van der Waals surface area contributed by atoms with E-state index in [4.69, 9.17) is 0 Å². The molecule has 5 heteroatoms. The van der Waals surface area contributed by atoms with Crippen LogP contribution in [0.2, 0.25) is 0 Å². The fourth-order valence-electron chi connectivity index (χ4n) is 8.29. The molecule has 0 saturated heterocycles. The van der Waals surface area contributed by atoms with Crippen molar-refractivity contribution in [3.05, 3.63) is 181 Å². The maximum absolute atomic E-state index is 14.7. The van der Waals surface area contributed by atoms with Crippen LogP contribution < -0.4 is 0 Å². The molecule has 0 bridgehead atoms. The first-order valence-corrected chi connectivity index (χ1v) is 17.2. The standard InChI is InChI=1S/C48H25F5/c49-44-40(45(50)47(52)48(53)46(44)51)31-21-19-28-24-30(20-18-29(28)25-31)32-22-23-37-41-33(32)16-9-17-36(41)42-38(26-10-3-1-4-11-26)34-14-7-8-15-35(34)39(43(37)42)27-12-5-2-6-13-27/h1-25H. The molecule has 53 heavy (non-hydrogen) atoms. The minimum Gasteiger partial charge on any atom is -0.203 e. The summed E-state index contributed by atoms with van der Waals surface area (Å²) in [5.41, 5.74) is 10.3. The van der Waals surface area contributed by atoms with E-state index in [1.54, 1.807) is 6.07 Å². The minimum atomic E-state index is -2.18. The third kappa shape index (κ3) is 4.53. The Labute approximate surface area is 301 Å². The van der Waals surface area contributed by atoms with Crippen molar-refractivity contribution in [2.75, 3.05) is 0 Å². The maximum atomic E-state index is 14.7. The van der Waals surface area contributed by atoms with Gasteiger partial charge in [0.2, 0.25) is 5.82 Å². The molecule has 0 spiro atoms. The average Bonchev–Trinajstić information content (AvgIpc) is 3.53. The van der Waals surface area contributed by atoms with Gasteiger partial charge in [0.15, 0.2) is 23.3 Å². The highest BCUT2D eigenvalue weighted by Gasteiger charge is 2.31. The van der Waals surface area contributed by atoms with E-state index < -0.39 is 34.6 Å². The Bertz CT molecular complexity index is 2860. The van der Waals surface area contributed by atoms with Gasteiger partial charge in [-0.25, -0.2) is 22.0 Å². The summed E-state index contributed by atoms with van der Waals surface area (Å²) in [5, 5.41) is 5.95. The molecule has 9 aromatic carbocycles. The summed E-state index contributed by atoms with van der Waals surface area (Å²) in [6.45, 7) is 0. The van der Waals surface area contributed by atoms with Crippen LogP contribution in [0.3, 0.4) is 0 Å². The molecule has 0 unspecified atom stereocenters. The predicted octanol–water partition coefficient (Wildman–Crippen LogP) is 14.2. The van der Waals surface area contributed by atoms with E-state index in [-0.39, 0.29) is 5.56 Å². The fourth-order valence-corrected chi connectivity index (χ4v) is 8.29. The van der Waals surface area contributed by atoms with Gasteiger partial charge >= 0.3 is 0 Å². The zero-order chi connectivity index (χ0) is 36.0. The van der Waals surface area contributed by atoms with Gasteiger partial charge in [-0.1, -0.05) is 140 Å². The lowest BCUT2D eigenvalue weighted by molar-refractivity contribution is 0.381. The fraction of sp³-hybridized carbons (Fsp3) is 0. The maximum Gasteiger partial charge on any atom is 0.200 e. The summed E-state index contributed by atoms with van der Waals surface area (Å²) in [7, 11) is 0. The van der Waals surface area contributed by atoms with Gasteiger partial charge in [0.1, 0.15) is 0 Å². The van der Waals surface area contributed by atoms with E-state index in [0.29, 0.717) is 5.39 Å². The Morgan fingerprint density at radius 2 is 0.717 bits per heavy atom. The molecule has 252 valence electrons. The van der Waals surface area contributed by atoms with Crippen LogP contribution in [0.15, 0.2) is 152 Å². The second-order valence-corrected chi connectivity index (χ2v) is 13.4. The van der Waals surface area contributed by atoms with Crippen LogP contribution in [0.4, 0.5) is 22.0 Å². The lowest BCUT2D eigenvalue weighted by Gasteiger charge is -2.20. The van der Waals surface area contributed by atoms with Crippen LogP contribution in [0.1, 0.15) is 0 Å². The Morgan fingerprint density at radius 3 is 1.30 bits per heavy atom. The number of benzene rings is 9. The molecular weight excluding hydrogens is 672 g/mol. The third-order valence-corrected chi connectivity index (χ3v) is 10.6. The summed E-state index contributed by atoms with van der Waals surface area (Å²) >= 11 is 0. The van der Waals surface area contributed by atoms with Crippen molar-refractivity contribution in [1.29, 1.82) is 0 Å². The molecule has 0 amide bonds. The number of hydrogen-bond donors (Lipinski definition) is 0. The molecule has 9 aromatic rings. The third-order valence-electron chi connectivity index (χ3n) is 10.6. The highest BCUT2D eigenvalue weighted by atomic mass is 19.2. The molecule has 1 aliphatic carbocycles. The normalized spacial score (nSPS) is 11.9. The van der Waals surface area contributed by atoms with Gasteiger partial charge < -0.3 is 0 Å². The summed E-state index contributed by atoms with van der Waals surface area (Å²) < 4.78 is 71.2. The zero-order valence-corrected chi connectivity index (χ0v) is 27.8. The monoisotopic (exact) mass is 696 g/mol. The second-order valence-electron chi connectivity index (χ2n) is 13.4. The molecule has 0 heterocycles. The molecule has 0 aliphatic heterocycles. The largest absolute Gasteiger partial charge is 0.203 e. The minimum absolute atomic E-state index is 0.100. The van der Waals surface area contributed by atoms with Crippen molar-refractivity contribution < 1.29 is 22.0 Å². The van der Waals surface area contributed by atoms with Crippen LogP contribution in [0.5, 0.6) is 0 Å². The first-order chi connectivity index (χ1) is 25.9. The van der Waals surface area contributed by atoms with Gasteiger partial charge in [0, 0.05) is 0 Å². The van der Waals surface area contributed by atoms with Crippen LogP contribution in [0, 0.1) is 29.1 Å². The first kappa shape index (κ1) is 31.2. The number of rotatable bonds is 4. The predicted molar refractivity (Wildman–Crippen MR) is 205 cm³/mol. The zero-order valence-electron chi connectivity index (χ0n) is 27.8. The van der Waals surface area contributed by atoms with E-state index in [0.717, 1.165) is 49.5 Å². The van der Waals surface area contributed by atoms with Crippen LogP contribution >= 0.6 is 0 Å². The summed E-state index contributed by atoms with van der Waals surface area (Å²) in [6, 6.07) is 50.7. The number of halogens is 5. The molecular formula is C48H25F5. The van der Waals surface area contributed by atoms with Crippen LogP contribution in [-0.2, 0) is 0 Å². The summed E-state index contributed by atoms with van der Waals surface area (Å²) in [5.74, 6) is -9.83. The molecule has 0 N–H and O–H groups in total. The van der Waals surface area contributed by atoms with E-state index >= 15 is 0 Å². The van der Waals surface area contributed by atoms with Gasteiger partial charge in [0.25, 0.3) is 0 Å². The molecule has 0 atom stereocenters. The van der Waals surface area contributed by atoms with Crippen LogP contribution in [-0.4, -0.2) is 0 Å². The van der Waals surface area contributed by atoms with Crippen LogP contribution in [0.25, 0.3) is 99.1 Å². The Morgan fingerprint density at radius 1 is 0.264 bits per heavy atom. The van der Waals surface area contributed by atoms with E-state index in [1.807, 2.05) is 30.3 Å². The Balaban J connectivity index is 1.20.